The van der Waals surface area contributed by atoms with Gasteiger partial charge in [0.15, 0.2) is 5.75 Å². The molecule has 0 bridgehead atoms. The van der Waals surface area contributed by atoms with Crippen LogP contribution in [0.25, 0.3) is 10.8 Å². The highest BCUT2D eigenvalue weighted by Gasteiger charge is 2.63. The first-order valence-electron chi connectivity index (χ1n) is 12.8. The van der Waals surface area contributed by atoms with Crippen LogP contribution in [-0.2, 0) is 14.3 Å². The van der Waals surface area contributed by atoms with Crippen molar-refractivity contribution in [3.05, 3.63) is 87.7 Å². The third-order valence-corrected chi connectivity index (χ3v) is 8.36. The van der Waals surface area contributed by atoms with E-state index in [1.807, 2.05) is 42.5 Å². The van der Waals surface area contributed by atoms with E-state index >= 15 is 0 Å². The molecule has 1 spiro atoms. The normalized spacial score (nSPS) is 23.3. The second-order valence-corrected chi connectivity index (χ2v) is 10.5. The molecule has 1 aliphatic carbocycles. The van der Waals surface area contributed by atoms with Gasteiger partial charge in [0, 0.05) is 29.2 Å². The van der Waals surface area contributed by atoms with Crippen LogP contribution in [0.2, 0.25) is 5.02 Å². The van der Waals surface area contributed by atoms with E-state index in [0.717, 1.165) is 16.3 Å². The zero-order chi connectivity index (χ0) is 28.3. The fraction of sp³-hybridized carbons (Fsp3) is 0.258. The summed E-state index contributed by atoms with van der Waals surface area (Å²) in [5, 5.41) is 5.20. The summed E-state index contributed by atoms with van der Waals surface area (Å²) in [6, 6.07) is 15.2. The number of ketones is 2. The molecule has 0 amide bonds. The number of fused-ring (bicyclic) bond motifs is 2. The van der Waals surface area contributed by atoms with Crippen molar-refractivity contribution in [3.8, 4) is 17.2 Å². The minimum absolute atomic E-state index is 0.0592. The molecule has 204 valence electrons. The van der Waals surface area contributed by atoms with Gasteiger partial charge in [-0.2, -0.15) is 0 Å². The molecular formula is C31H26ClNO7. The fourth-order valence-corrected chi connectivity index (χ4v) is 6.26. The molecule has 3 atom stereocenters. The van der Waals surface area contributed by atoms with E-state index in [1.54, 1.807) is 13.0 Å². The van der Waals surface area contributed by atoms with Gasteiger partial charge in [-0.05, 0) is 28.8 Å². The minimum atomic E-state index is -1.86. The second-order valence-electron chi connectivity index (χ2n) is 10.1. The lowest BCUT2D eigenvalue weighted by molar-refractivity contribution is -0.137. The van der Waals surface area contributed by atoms with Crippen LogP contribution in [0.1, 0.15) is 35.2 Å². The average Bonchev–Trinajstić information content (AvgIpc) is 3.29. The van der Waals surface area contributed by atoms with Gasteiger partial charge in [0.1, 0.15) is 27.8 Å². The number of methoxy groups -OCH3 is 3. The number of hydrogen-bond acceptors (Lipinski definition) is 8. The van der Waals surface area contributed by atoms with Crippen LogP contribution in [0, 0.1) is 5.92 Å². The van der Waals surface area contributed by atoms with E-state index in [4.69, 9.17) is 30.5 Å². The van der Waals surface area contributed by atoms with Gasteiger partial charge in [-0.1, -0.05) is 61.0 Å². The number of Topliss-reactive ketones (excluding diaryl/α,β-unsaturated/α-hetero) is 2. The summed E-state index contributed by atoms with van der Waals surface area (Å²) < 4.78 is 22.2. The average molecular weight is 560 g/mol. The summed E-state index contributed by atoms with van der Waals surface area (Å²) in [4.78, 5) is 41.4. The number of hydrogen-bond donors (Lipinski definition) is 1. The van der Waals surface area contributed by atoms with Crippen LogP contribution in [0.5, 0.6) is 17.2 Å². The lowest BCUT2D eigenvalue weighted by Crippen LogP contribution is -2.58. The first-order valence-corrected chi connectivity index (χ1v) is 13.1. The lowest BCUT2D eigenvalue weighted by Gasteiger charge is -2.41. The van der Waals surface area contributed by atoms with Crippen LogP contribution in [-0.4, -0.2) is 44.5 Å². The SMILES string of the molecule is COC(=O)C1=CC(c2ccc3ccccc3c2)C2=C(CC(C)C3(Oc4c(Cl)c(OC)cc(OC)c4C3=O)C2=O)N1. The Kier molecular flexibility index (Phi) is 6.11. The molecule has 6 rings (SSSR count). The molecule has 40 heavy (non-hydrogen) atoms. The van der Waals surface area contributed by atoms with Crippen LogP contribution >= 0.6 is 11.6 Å². The molecule has 2 heterocycles. The molecular weight excluding hydrogens is 534 g/mol. The molecule has 0 saturated heterocycles. The van der Waals surface area contributed by atoms with Gasteiger partial charge in [-0.25, -0.2) is 4.79 Å². The minimum Gasteiger partial charge on any atom is -0.496 e. The Morgan fingerprint density at radius 3 is 2.42 bits per heavy atom. The van der Waals surface area contributed by atoms with Gasteiger partial charge >= 0.3 is 5.97 Å². The highest BCUT2D eigenvalue weighted by Crippen LogP contribution is 2.55. The Hall–Kier alpha value is -4.30. The zero-order valence-electron chi connectivity index (χ0n) is 22.3. The van der Waals surface area contributed by atoms with Gasteiger partial charge < -0.3 is 24.3 Å². The predicted octanol–water partition coefficient (Wildman–Crippen LogP) is 5.13. The first-order chi connectivity index (χ1) is 19.2. The van der Waals surface area contributed by atoms with Gasteiger partial charge in [0.2, 0.25) is 17.2 Å². The van der Waals surface area contributed by atoms with E-state index < -0.39 is 35.0 Å². The molecule has 3 unspecified atom stereocenters. The third-order valence-electron chi connectivity index (χ3n) is 8.00. The quantitative estimate of drug-likeness (QED) is 0.347. The summed E-state index contributed by atoms with van der Waals surface area (Å²) in [5.74, 6) is -2.29. The van der Waals surface area contributed by atoms with E-state index in [1.165, 1.54) is 27.4 Å². The van der Waals surface area contributed by atoms with Gasteiger partial charge in [-0.3, -0.25) is 9.59 Å². The van der Waals surface area contributed by atoms with Gasteiger partial charge in [-0.15, -0.1) is 0 Å². The van der Waals surface area contributed by atoms with E-state index in [-0.39, 0.29) is 40.0 Å². The van der Waals surface area contributed by atoms with Gasteiger partial charge in [0.05, 0.1) is 21.3 Å². The number of nitrogens with one attached hydrogen (secondary N) is 1. The highest BCUT2D eigenvalue weighted by atomic mass is 35.5. The standard InChI is InChI=1S/C31H26ClNO7/c1-15-11-20-24(28(34)31(15)29(35)25-22(37-2)14-23(38-3)26(32)27(25)40-31)19(13-21(33-20)30(36)39-4)18-10-9-16-7-5-6-8-17(16)12-18/h5-10,12-15,19,33H,11H2,1-4H3. The lowest BCUT2D eigenvalue weighted by atomic mass is 9.67. The van der Waals surface area contributed by atoms with Crippen LogP contribution in [0.15, 0.2) is 71.6 Å². The summed E-state index contributed by atoms with van der Waals surface area (Å²) in [5.41, 5.74) is 0.155. The molecule has 8 nitrogen and oxygen atoms in total. The highest BCUT2D eigenvalue weighted by molar-refractivity contribution is 6.36. The van der Waals surface area contributed by atoms with Crippen molar-refractivity contribution < 1.29 is 33.3 Å². The number of halogens is 1. The van der Waals surface area contributed by atoms with Crippen LogP contribution < -0.4 is 19.5 Å². The Morgan fingerprint density at radius 2 is 1.73 bits per heavy atom. The van der Waals surface area contributed by atoms with Crippen molar-refractivity contribution in [1.29, 1.82) is 0 Å². The molecule has 0 radical (unpaired) electrons. The van der Waals surface area contributed by atoms with Gasteiger partial charge in [0.25, 0.3) is 0 Å². The number of carbonyl (C=O) groups excluding carboxylic acids is 3. The zero-order valence-corrected chi connectivity index (χ0v) is 23.0. The molecule has 0 aromatic heterocycles. The number of ether oxygens (including phenoxy) is 4. The molecule has 3 aromatic rings. The third kappa shape index (κ3) is 3.55. The number of benzene rings is 3. The monoisotopic (exact) mass is 559 g/mol. The predicted molar refractivity (Wildman–Crippen MR) is 148 cm³/mol. The van der Waals surface area contributed by atoms with E-state index in [9.17, 15) is 14.4 Å². The van der Waals surface area contributed by atoms with Crippen molar-refractivity contribution in [2.24, 2.45) is 5.92 Å². The van der Waals surface area contributed by atoms with E-state index in [0.29, 0.717) is 11.3 Å². The smallest absolute Gasteiger partial charge is 0.354 e. The molecule has 3 aromatic carbocycles. The topological polar surface area (TPSA) is 100 Å². The molecule has 2 aliphatic heterocycles. The number of allylic oxidation sites excluding steroid dienone is 2. The maximum absolute atomic E-state index is 14.6. The largest absolute Gasteiger partial charge is 0.496 e. The Labute approximate surface area is 235 Å². The molecule has 9 heteroatoms. The summed E-state index contributed by atoms with van der Waals surface area (Å²) >= 11 is 6.58. The Morgan fingerprint density at radius 1 is 1.00 bits per heavy atom. The summed E-state index contributed by atoms with van der Waals surface area (Å²) in [7, 11) is 4.17. The van der Waals surface area contributed by atoms with E-state index in [2.05, 4.69) is 5.32 Å². The van der Waals surface area contributed by atoms with Crippen molar-refractivity contribution >= 4 is 39.9 Å². The van der Waals surface area contributed by atoms with Crippen molar-refractivity contribution in [2.75, 3.05) is 21.3 Å². The number of esters is 1. The van der Waals surface area contributed by atoms with Crippen molar-refractivity contribution in [3.63, 3.8) is 0 Å². The number of rotatable bonds is 4. The maximum Gasteiger partial charge on any atom is 0.354 e. The molecule has 0 saturated carbocycles. The fourth-order valence-electron chi connectivity index (χ4n) is 5.99. The van der Waals surface area contributed by atoms with Crippen molar-refractivity contribution in [2.45, 2.75) is 24.9 Å². The molecule has 0 fully saturated rings. The first kappa shape index (κ1) is 26.0. The summed E-state index contributed by atoms with van der Waals surface area (Å²) in [6.07, 6.45) is 1.93. The number of dihydropyridines is 1. The van der Waals surface area contributed by atoms with Crippen LogP contribution in [0.3, 0.4) is 0 Å². The number of carbonyl (C=O) groups is 3. The Bertz CT molecular complexity index is 1690. The summed E-state index contributed by atoms with van der Waals surface area (Å²) in [6.45, 7) is 1.77. The second kappa shape index (κ2) is 9.41. The van der Waals surface area contributed by atoms with Crippen LogP contribution in [0.4, 0.5) is 0 Å². The van der Waals surface area contributed by atoms with Crippen molar-refractivity contribution in [1.82, 2.24) is 5.32 Å². The maximum atomic E-state index is 14.6. The molecule has 1 N–H and O–H groups in total. The Balaban J connectivity index is 1.52. The molecule has 3 aliphatic rings.